The number of fused-ring (bicyclic) bond motifs is 1. The first-order chi connectivity index (χ1) is 6.65. The molecule has 2 amide bonds. The lowest BCUT2D eigenvalue weighted by molar-refractivity contribution is -0.139. The Labute approximate surface area is 83.8 Å². The van der Waals surface area contributed by atoms with Gasteiger partial charge >= 0.3 is 0 Å². The topological polar surface area (TPSA) is 37.4 Å². The van der Waals surface area contributed by atoms with Gasteiger partial charge in [-0.2, -0.15) is 0 Å². The van der Waals surface area contributed by atoms with Crippen LogP contribution in [0.3, 0.4) is 0 Å². The summed E-state index contributed by atoms with van der Waals surface area (Å²) in [4.78, 5) is 25.0. The van der Waals surface area contributed by atoms with Crippen LogP contribution in [-0.2, 0) is 9.59 Å². The van der Waals surface area contributed by atoms with E-state index in [9.17, 15) is 9.59 Å². The van der Waals surface area contributed by atoms with E-state index in [1.165, 1.54) is 10.5 Å². The number of hydrogen-bond donors (Lipinski definition) is 0. The van der Waals surface area contributed by atoms with Crippen LogP contribution in [0.2, 0.25) is 0 Å². The van der Waals surface area contributed by atoms with E-state index >= 15 is 0 Å². The highest BCUT2D eigenvalue weighted by Crippen LogP contribution is 2.37. The molecule has 0 N–H and O–H groups in total. The number of allylic oxidation sites excluding steroid dienone is 2. The average Bonchev–Trinajstić information content (AvgIpc) is 2.39. The lowest BCUT2D eigenvalue weighted by Crippen LogP contribution is -2.30. The molecule has 0 saturated carbocycles. The van der Waals surface area contributed by atoms with Crippen LogP contribution in [-0.4, -0.2) is 23.3 Å². The molecule has 2 aliphatic rings. The molecule has 3 nitrogen and oxygen atoms in total. The maximum absolute atomic E-state index is 11.8. The zero-order valence-corrected chi connectivity index (χ0v) is 8.62. The molecule has 2 rings (SSSR count). The molecule has 0 aromatic heterocycles. The first-order valence-electron chi connectivity index (χ1n) is 5.16. The Balaban J connectivity index is 2.27. The molecule has 1 heterocycles. The van der Waals surface area contributed by atoms with Crippen molar-refractivity contribution in [3.63, 3.8) is 0 Å². The van der Waals surface area contributed by atoms with E-state index in [0.29, 0.717) is 6.54 Å². The summed E-state index contributed by atoms with van der Waals surface area (Å²) in [6.45, 7) is 4.40. The van der Waals surface area contributed by atoms with Crippen LogP contribution in [0, 0.1) is 11.8 Å². The van der Waals surface area contributed by atoms with Gasteiger partial charge in [0.25, 0.3) is 0 Å². The maximum atomic E-state index is 11.8. The van der Waals surface area contributed by atoms with Crippen molar-refractivity contribution >= 4 is 11.8 Å². The predicted octanol–water partition coefficient (Wildman–Crippen LogP) is 1.35. The van der Waals surface area contributed by atoms with Crippen molar-refractivity contribution in [2.45, 2.75) is 26.7 Å². The zero-order chi connectivity index (χ0) is 10.3. The van der Waals surface area contributed by atoms with Crippen LogP contribution in [0.15, 0.2) is 11.6 Å². The van der Waals surface area contributed by atoms with E-state index in [0.717, 1.165) is 12.8 Å². The van der Waals surface area contributed by atoms with Gasteiger partial charge in [-0.3, -0.25) is 14.5 Å². The molecule has 0 aromatic rings. The smallest absolute Gasteiger partial charge is 0.233 e. The monoisotopic (exact) mass is 193 g/mol. The third kappa shape index (κ3) is 1.19. The van der Waals surface area contributed by atoms with Crippen LogP contribution in [0.25, 0.3) is 0 Å². The lowest BCUT2D eigenvalue weighted by atomic mass is 9.82. The molecule has 0 radical (unpaired) electrons. The number of amides is 2. The second-order valence-corrected chi connectivity index (χ2v) is 4.12. The largest absolute Gasteiger partial charge is 0.282 e. The fourth-order valence-corrected chi connectivity index (χ4v) is 2.42. The van der Waals surface area contributed by atoms with Crippen molar-refractivity contribution in [1.29, 1.82) is 0 Å². The minimum atomic E-state index is -0.0638. The molecule has 1 aliphatic heterocycles. The van der Waals surface area contributed by atoms with E-state index in [-0.39, 0.29) is 23.7 Å². The second kappa shape index (κ2) is 3.23. The third-order valence-electron chi connectivity index (χ3n) is 3.23. The summed E-state index contributed by atoms with van der Waals surface area (Å²) >= 11 is 0. The first-order valence-corrected chi connectivity index (χ1v) is 5.16. The minimum Gasteiger partial charge on any atom is -0.282 e. The Hall–Kier alpha value is -1.12. The van der Waals surface area contributed by atoms with Gasteiger partial charge in [-0.15, -0.1) is 0 Å². The number of carbonyl (C=O) groups is 2. The molecule has 0 spiro atoms. The Morgan fingerprint density at radius 1 is 1.36 bits per heavy atom. The molecule has 0 bridgehead atoms. The first kappa shape index (κ1) is 9.44. The Kier molecular flexibility index (Phi) is 2.17. The molecule has 1 aliphatic carbocycles. The van der Waals surface area contributed by atoms with E-state index in [1.54, 1.807) is 0 Å². The standard InChI is InChI=1S/C11H15NO2/c1-3-12-10(13)8-5-4-7(2)6-9(8)11(12)14/h4,8-9H,3,5-6H2,1-2H3. The zero-order valence-electron chi connectivity index (χ0n) is 8.62. The summed E-state index contributed by atoms with van der Waals surface area (Å²) in [5.74, 6) is -0.0557. The normalized spacial score (nSPS) is 31.9. The summed E-state index contributed by atoms with van der Waals surface area (Å²) in [5.41, 5.74) is 1.24. The molecule has 76 valence electrons. The van der Waals surface area contributed by atoms with Gasteiger partial charge < -0.3 is 0 Å². The lowest BCUT2D eigenvalue weighted by Gasteiger charge is -2.19. The third-order valence-corrected chi connectivity index (χ3v) is 3.23. The fraction of sp³-hybridized carbons (Fsp3) is 0.636. The Morgan fingerprint density at radius 3 is 2.64 bits per heavy atom. The number of carbonyl (C=O) groups excluding carboxylic acids is 2. The number of hydrogen-bond acceptors (Lipinski definition) is 2. The van der Waals surface area contributed by atoms with Crippen LogP contribution in [0.4, 0.5) is 0 Å². The molecule has 2 atom stereocenters. The van der Waals surface area contributed by atoms with Crippen molar-refractivity contribution < 1.29 is 9.59 Å². The van der Waals surface area contributed by atoms with E-state index in [2.05, 4.69) is 6.08 Å². The van der Waals surface area contributed by atoms with Crippen molar-refractivity contribution in [2.24, 2.45) is 11.8 Å². The van der Waals surface area contributed by atoms with Gasteiger partial charge in [-0.1, -0.05) is 11.6 Å². The second-order valence-electron chi connectivity index (χ2n) is 4.12. The highest BCUT2D eigenvalue weighted by atomic mass is 16.2. The molecular formula is C11H15NO2. The van der Waals surface area contributed by atoms with E-state index < -0.39 is 0 Å². The summed E-state index contributed by atoms with van der Waals surface area (Å²) in [6.07, 6.45) is 3.61. The van der Waals surface area contributed by atoms with Crippen LogP contribution >= 0.6 is 0 Å². The van der Waals surface area contributed by atoms with E-state index in [1.807, 2.05) is 13.8 Å². The number of likely N-dealkylation sites (tertiary alicyclic amines) is 1. The Morgan fingerprint density at radius 2 is 2.00 bits per heavy atom. The fourth-order valence-electron chi connectivity index (χ4n) is 2.42. The molecule has 0 aromatic carbocycles. The Bertz CT molecular complexity index is 319. The molecule has 1 fully saturated rings. The average molecular weight is 193 g/mol. The maximum Gasteiger partial charge on any atom is 0.233 e. The number of nitrogens with zero attached hydrogens (tertiary/aromatic N) is 1. The van der Waals surface area contributed by atoms with Crippen LogP contribution in [0.1, 0.15) is 26.7 Å². The molecular weight excluding hydrogens is 178 g/mol. The van der Waals surface area contributed by atoms with Gasteiger partial charge in [0.05, 0.1) is 11.8 Å². The summed E-state index contributed by atoms with van der Waals surface area (Å²) in [5, 5.41) is 0. The number of rotatable bonds is 1. The van der Waals surface area contributed by atoms with Crippen molar-refractivity contribution in [1.82, 2.24) is 4.90 Å². The van der Waals surface area contributed by atoms with Gasteiger partial charge in [0, 0.05) is 6.54 Å². The van der Waals surface area contributed by atoms with Gasteiger partial charge in [-0.05, 0) is 26.7 Å². The van der Waals surface area contributed by atoms with Gasteiger partial charge in [0.15, 0.2) is 0 Å². The minimum absolute atomic E-state index is 0.0336. The van der Waals surface area contributed by atoms with Crippen LogP contribution < -0.4 is 0 Å². The molecule has 2 unspecified atom stereocenters. The van der Waals surface area contributed by atoms with Crippen molar-refractivity contribution in [3.05, 3.63) is 11.6 Å². The highest BCUT2D eigenvalue weighted by molar-refractivity contribution is 6.05. The molecule has 1 saturated heterocycles. The van der Waals surface area contributed by atoms with Gasteiger partial charge in [-0.25, -0.2) is 0 Å². The summed E-state index contributed by atoms with van der Waals surface area (Å²) in [6, 6.07) is 0. The van der Waals surface area contributed by atoms with Crippen molar-refractivity contribution in [3.8, 4) is 0 Å². The summed E-state index contributed by atoms with van der Waals surface area (Å²) in [7, 11) is 0. The SMILES string of the molecule is CCN1C(=O)C2CC=C(C)CC2C1=O. The van der Waals surface area contributed by atoms with Gasteiger partial charge in [0.2, 0.25) is 11.8 Å². The summed E-state index contributed by atoms with van der Waals surface area (Å²) < 4.78 is 0. The number of imide groups is 1. The van der Waals surface area contributed by atoms with E-state index in [4.69, 9.17) is 0 Å². The van der Waals surface area contributed by atoms with Crippen LogP contribution in [0.5, 0.6) is 0 Å². The quantitative estimate of drug-likeness (QED) is 0.465. The molecule has 3 heteroatoms. The molecule has 14 heavy (non-hydrogen) atoms. The highest BCUT2D eigenvalue weighted by Gasteiger charge is 2.47. The van der Waals surface area contributed by atoms with Gasteiger partial charge in [0.1, 0.15) is 0 Å². The predicted molar refractivity (Wildman–Crippen MR) is 52.4 cm³/mol. The van der Waals surface area contributed by atoms with Crippen molar-refractivity contribution in [2.75, 3.05) is 6.54 Å².